The standard InChI is InChI=1S/C12H14FN3S/c1-8(2)14-12-16-15-11(7-17-12)9-3-5-10(13)6-4-9/h3-8,15H,1-2H3,(H,14,16). The van der Waals surface area contributed by atoms with Gasteiger partial charge in [0.05, 0.1) is 5.70 Å². The summed E-state index contributed by atoms with van der Waals surface area (Å²) in [4.78, 5) is 4.38. The predicted octanol–water partition coefficient (Wildman–Crippen LogP) is 2.73. The van der Waals surface area contributed by atoms with E-state index in [1.165, 1.54) is 23.9 Å². The highest BCUT2D eigenvalue weighted by Crippen LogP contribution is 2.20. The van der Waals surface area contributed by atoms with Gasteiger partial charge in [-0.15, -0.1) is 0 Å². The van der Waals surface area contributed by atoms with Crippen molar-refractivity contribution in [3.63, 3.8) is 0 Å². The molecule has 1 aliphatic heterocycles. The number of benzene rings is 1. The number of aliphatic imine (C=N–C) groups is 1. The van der Waals surface area contributed by atoms with Gasteiger partial charge in [-0.2, -0.15) is 0 Å². The molecule has 2 N–H and O–H groups in total. The van der Waals surface area contributed by atoms with Crippen LogP contribution in [0.3, 0.4) is 0 Å². The van der Waals surface area contributed by atoms with Gasteiger partial charge in [-0.05, 0) is 38.1 Å². The molecule has 1 aliphatic rings. The van der Waals surface area contributed by atoms with Crippen molar-refractivity contribution in [2.24, 2.45) is 4.99 Å². The van der Waals surface area contributed by atoms with Crippen LogP contribution >= 0.6 is 11.8 Å². The molecule has 0 fully saturated rings. The molecule has 17 heavy (non-hydrogen) atoms. The van der Waals surface area contributed by atoms with Gasteiger partial charge >= 0.3 is 0 Å². The largest absolute Gasteiger partial charge is 0.298 e. The first-order valence-electron chi connectivity index (χ1n) is 5.38. The second-order valence-corrected chi connectivity index (χ2v) is 4.79. The highest BCUT2D eigenvalue weighted by molar-refractivity contribution is 8.16. The van der Waals surface area contributed by atoms with E-state index in [0.717, 1.165) is 16.4 Å². The minimum Gasteiger partial charge on any atom is -0.298 e. The fourth-order valence-electron chi connectivity index (χ4n) is 1.36. The van der Waals surface area contributed by atoms with Crippen molar-refractivity contribution in [3.8, 4) is 0 Å². The summed E-state index contributed by atoms with van der Waals surface area (Å²) in [6, 6.07) is 6.62. The fraction of sp³-hybridized carbons (Fsp3) is 0.250. The number of nitrogens with one attached hydrogen (secondary N) is 2. The Labute approximate surface area is 104 Å². The first-order chi connectivity index (χ1) is 8.15. The van der Waals surface area contributed by atoms with Crippen LogP contribution in [0.15, 0.2) is 34.7 Å². The molecule has 5 heteroatoms. The van der Waals surface area contributed by atoms with Crippen molar-refractivity contribution in [3.05, 3.63) is 41.1 Å². The number of nitrogens with zero attached hydrogens (tertiary/aromatic N) is 1. The Kier molecular flexibility index (Phi) is 3.68. The molecule has 0 bridgehead atoms. The third-order valence-electron chi connectivity index (χ3n) is 2.12. The number of hydrazine groups is 1. The Morgan fingerprint density at radius 2 is 1.88 bits per heavy atom. The maximum absolute atomic E-state index is 12.8. The number of hydrogen-bond donors (Lipinski definition) is 2. The van der Waals surface area contributed by atoms with E-state index >= 15 is 0 Å². The molecule has 0 spiro atoms. The van der Waals surface area contributed by atoms with Crippen LogP contribution in [-0.2, 0) is 0 Å². The Bertz CT molecular complexity index is 451. The van der Waals surface area contributed by atoms with Crippen molar-refractivity contribution >= 4 is 22.6 Å². The number of rotatable bonds is 2. The third kappa shape index (κ3) is 3.23. The Morgan fingerprint density at radius 1 is 1.18 bits per heavy atom. The van der Waals surface area contributed by atoms with Crippen molar-refractivity contribution < 1.29 is 4.39 Å². The molecule has 0 aliphatic carbocycles. The van der Waals surface area contributed by atoms with E-state index < -0.39 is 0 Å². The zero-order chi connectivity index (χ0) is 12.3. The summed E-state index contributed by atoms with van der Waals surface area (Å²) in [7, 11) is 0. The van der Waals surface area contributed by atoms with E-state index in [4.69, 9.17) is 0 Å². The van der Waals surface area contributed by atoms with E-state index in [1.807, 2.05) is 19.3 Å². The first kappa shape index (κ1) is 12.0. The summed E-state index contributed by atoms with van der Waals surface area (Å²) < 4.78 is 12.8. The molecule has 0 unspecified atom stereocenters. The SMILES string of the molecule is CC(C)N=C1NNC(c2ccc(F)cc2)=CS1. The lowest BCUT2D eigenvalue weighted by Gasteiger charge is -2.19. The summed E-state index contributed by atoms with van der Waals surface area (Å²) in [5.41, 5.74) is 7.92. The monoisotopic (exact) mass is 251 g/mol. The third-order valence-corrected chi connectivity index (χ3v) is 2.91. The van der Waals surface area contributed by atoms with E-state index in [-0.39, 0.29) is 11.9 Å². The zero-order valence-electron chi connectivity index (χ0n) is 9.70. The molecule has 90 valence electrons. The van der Waals surface area contributed by atoms with Crippen LogP contribution in [0.2, 0.25) is 0 Å². The predicted molar refractivity (Wildman–Crippen MR) is 70.8 cm³/mol. The fourth-order valence-corrected chi connectivity index (χ4v) is 2.17. The highest BCUT2D eigenvalue weighted by atomic mass is 32.2. The van der Waals surface area contributed by atoms with Gasteiger partial charge in [0.1, 0.15) is 5.82 Å². The average Bonchev–Trinajstić information content (AvgIpc) is 2.30. The van der Waals surface area contributed by atoms with Gasteiger partial charge < -0.3 is 0 Å². The van der Waals surface area contributed by atoms with E-state index in [9.17, 15) is 4.39 Å². The van der Waals surface area contributed by atoms with Gasteiger partial charge in [-0.3, -0.25) is 15.8 Å². The molecule has 0 saturated carbocycles. The Morgan fingerprint density at radius 3 is 2.41 bits per heavy atom. The van der Waals surface area contributed by atoms with Gasteiger partial charge in [0.25, 0.3) is 0 Å². The van der Waals surface area contributed by atoms with Crippen molar-refractivity contribution in [1.29, 1.82) is 0 Å². The number of halogens is 1. The minimum atomic E-state index is -0.229. The molecule has 0 saturated heterocycles. The van der Waals surface area contributed by atoms with Crippen molar-refractivity contribution in [2.45, 2.75) is 19.9 Å². The summed E-state index contributed by atoms with van der Waals surface area (Å²) in [6.45, 7) is 4.04. The molecule has 0 atom stereocenters. The zero-order valence-corrected chi connectivity index (χ0v) is 10.5. The van der Waals surface area contributed by atoms with Crippen LogP contribution in [0.4, 0.5) is 4.39 Å². The highest BCUT2D eigenvalue weighted by Gasteiger charge is 2.10. The van der Waals surface area contributed by atoms with Crippen LogP contribution in [0.1, 0.15) is 19.4 Å². The lowest BCUT2D eigenvalue weighted by Crippen LogP contribution is -2.37. The van der Waals surface area contributed by atoms with Gasteiger partial charge in [0, 0.05) is 17.0 Å². The van der Waals surface area contributed by atoms with Gasteiger partial charge in [0.2, 0.25) is 0 Å². The summed E-state index contributed by atoms with van der Waals surface area (Å²) in [6.07, 6.45) is 0. The van der Waals surface area contributed by atoms with Crippen molar-refractivity contribution in [2.75, 3.05) is 0 Å². The molecule has 0 radical (unpaired) electrons. The molecule has 3 nitrogen and oxygen atoms in total. The summed E-state index contributed by atoms with van der Waals surface area (Å²) in [5, 5.41) is 2.80. The number of hydrogen-bond acceptors (Lipinski definition) is 3. The lowest BCUT2D eigenvalue weighted by molar-refractivity contribution is 0.627. The van der Waals surface area contributed by atoms with Crippen LogP contribution in [0, 0.1) is 5.82 Å². The Hall–Kier alpha value is -1.49. The average molecular weight is 251 g/mol. The normalized spacial score (nSPS) is 17.6. The molecule has 1 aromatic carbocycles. The first-order valence-corrected chi connectivity index (χ1v) is 6.26. The summed E-state index contributed by atoms with van der Waals surface area (Å²) >= 11 is 1.52. The van der Waals surface area contributed by atoms with E-state index in [0.29, 0.717) is 0 Å². The molecule has 0 amide bonds. The maximum Gasteiger partial charge on any atom is 0.180 e. The second kappa shape index (κ2) is 5.23. The van der Waals surface area contributed by atoms with Crippen LogP contribution in [0.5, 0.6) is 0 Å². The molecular weight excluding hydrogens is 237 g/mol. The molecule has 1 heterocycles. The topological polar surface area (TPSA) is 36.4 Å². The van der Waals surface area contributed by atoms with Crippen LogP contribution in [0.25, 0.3) is 5.70 Å². The van der Waals surface area contributed by atoms with E-state index in [2.05, 4.69) is 15.8 Å². The van der Waals surface area contributed by atoms with E-state index in [1.54, 1.807) is 12.1 Å². The van der Waals surface area contributed by atoms with Crippen LogP contribution < -0.4 is 10.9 Å². The minimum absolute atomic E-state index is 0.229. The van der Waals surface area contributed by atoms with Crippen LogP contribution in [-0.4, -0.2) is 11.2 Å². The molecule has 2 rings (SSSR count). The number of thioether (sulfide) groups is 1. The van der Waals surface area contributed by atoms with Gasteiger partial charge in [-0.25, -0.2) is 4.39 Å². The van der Waals surface area contributed by atoms with Gasteiger partial charge in [0.15, 0.2) is 5.17 Å². The molecular formula is C12H14FN3S. The lowest BCUT2D eigenvalue weighted by atomic mass is 10.2. The van der Waals surface area contributed by atoms with Crippen molar-refractivity contribution in [1.82, 2.24) is 10.9 Å². The maximum atomic E-state index is 12.8. The summed E-state index contributed by atoms with van der Waals surface area (Å²) in [5.74, 6) is -0.229. The quantitative estimate of drug-likeness (QED) is 0.848. The molecule has 0 aromatic heterocycles. The second-order valence-electron chi connectivity index (χ2n) is 3.93. The number of amidine groups is 1. The Balaban J connectivity index is 2.11. The van der Waals surface area contributed by atoms with Gasteiger partial charge in [-0.1, -0.05) is 11.8 Å². The molecule has 1 aromatic rings. The smallest absolute Gasteiger partial charge is 0.180 e.